The Bertz CT molecular complexity index is 542. The maximum absolute atomic E-state index is 11.2. The van der Waals surface area contributed by atoms with Crippen LogP contribution in [0.15, 0.2) is 24.3 Å². The van der Waals surface area contributed by atoms with Crippen LogP contribution in [0.3, 0.4) is 0 Å². The molecule has 1 saturated heterocycles. The Kier molecular flexibility index (Phi) is 8.19. The van der Waals surface area contributed by atoms with E-state index in [2.05, 4.69) is 36.0 Å². The van der Waals surface area contributed by atoms with E-state index in [1.807, 2.05) is 24.3 Å². The number of nitrogens with one attached hydrogen (secondary N) is 1. The molecule has 0 radical (unpaired) electrons. The monoisotopic (exact) mass is 363 g/mol. The van der Waals surface area contributed by atoms with Gasteiger partial charge in [0.05, 0.1) is 12.6 Å². The van der Waals surface area contributed by atoms with Crippen molar-refractivity contribution >= 4 is 6.09 Å². The van der Waals surface area contributed by atoms with Crippen LogP contribution < -0.4 is 10.1 Å². The van der Waals surface area contributed by atoms with Gasteiger partial charge in [-0.1, -0.05) is 32.4 Å². The van der Waals surface area contributed by atoms with E-state index < -0.39 is 6.09 Å². The number of benzene rings is 1. The van der Waals surface area contributed by atoms with Crippen molar-refractivity contribution < 1.29 is 14.6 Å². The second-order valence-corrected chi connectivity index (χ2v) is 7.38. The number of amides is 1. The zero-order valence-corrected chi connectivity index (χ0v) is 16.3. The largest absolute Gasteiger partial charge is 0.493 e. The lowest BCUT2D eigenvalue weighted by molar-refractivity contribution is 0.138. The predicted molar refractivity (Wildman–Crippen MR) is 104 cm³/mol. The minimum Gasteiger partial charge on any atom is -0.493 e. The Morgan fingerprint density at radius 3 is 2.46 bits per heavy atom. The third-order valence-corrected chi connectivity index (χ3v) is 4.93. The van der Waals surface area contributed by atoms with Crippen LogP contribution in [0.25, 0.3) is 0 Å². The number of hydrogen-bond acceptors (Lipinski definition) is 4. The molecule has 0 aliphatic carbocycles. The van der Waals surface area contributed by atoms with Gasteiger partial charge in [-0.15, -0.1) is 0 Å². The first-order valence-electron chi connectivity index (χ1n) is 9.61. The van der Waals surface area contributed by atoms with Crippen LogP contribution in [0, 0.1) is 5.92 Å². The molecule has 0 bridgehead atoms. The zero-order valence-electron chi connectivity index (χ0n) is 16.3. The van der Waals surface area contributed by atoms with Gasteiger partial charge in [0.15, 0.2) is 0 Å². The van der Waals surface area contributed by atoms with E-state index in [9.17, 15) is 9.90 Å². The lowest BCUT2D eigenvalue weighted by atomic mass is 10.1. The fourth-order valence-corrected chi connectivity index (χ4v) is 3.28. The molecule has 146 valence electrons. The second-order valence-electron chi connectivity index (χ2n) is 7.38. The molecule has 1 aromatic rings. The van der Waals surface area contributed by atoms with Crippen molar-refractivity contribution in [3.05, 3.63) is 29.8 Å². The first-order valence-corrected chi connectivity index (χ1v) is 9.61. The van der Waals surface area contributed by atoms with E-state index in [1.54, 1.807) is 0 Å². The molecule has 2 atom stereocenters. The smallest absolute Gasteiger partial charge is 0.405 e. The first kappa shape index (κ1) is 20.5. The highest BCUT2D eigenvalue weighted by Crippen LogP contribution is 2.20. The topological polar surface area (TPSA) is 65.0 Å². The molecule has 1 aliphatic rings. The normalized spacial score (nSPS) is 18.3. The summed E-state index contributed by atoms with van der Waals surface area (Å²) in [6.07, 6.45) is 1.34. The average molecular weight is 364 g/mol. The van der Waals surface area contributed by atoms with Gasteiger partial charge >= 0.3 is 6.09 Å². The van der Waals surface area contributed by atoms with E-state index in [4.69, 9.17) is 4.74 Å². The number of nitrogens with zero attached hydrogens (tertiary/aromatic N) is 2. The molecule has 1 fully saturated rings. The van der Waals surface area contributed by atoms with Gasteiger partial charge in [-0.3, -0.25) is 4.90 Å². The Morgan fingerprint density at radius 2 is 1.88 bits per heavy atom. The van der Waals surface area contributed by atoms with Gasteiger partial charge < -0.3 is 20.1 Å². The number of likely N-dealkylation sites (N-methyl/N-ethyl adjacent to an activating group) is 1. The quantitative estimate of drug-likeness (QED) is 0.706. The third kappa shape index (κ3) is 6.84. The van der Waals surface area contributed by atoms with Gasteiger partial charge in [-0.05, 0) is 37.1 Å². The summed E-state index contributed by atoms with van der Waals surface area (Å²) in [4.78, 5) is 15.8. The van der Waals surface area contributed by atoms with E-state index >= 15 is 0 Å². The summed E-state index contributed by atoms with van der Waals surface area (Å²) in [6, 6.07) is 7.58. The lowest BCUT2D eigenvalue weighted by Crippen LogP contribution is -2.47. The van der Waals surface area contributed by atoms with Crippen LogP contribution >= 0.6 is 0 Å². The predicted octanol–water partition coefficient (Wildman–Crippen LogP) is 3.06. The van der Waals surface area contributed by atoms with Crippen molar-refractivity contribution in [3.8, 4) is 5.75 Å². The third-order valence-electron chi connectivity index (χ3n) is 4.93. The standard InChI is InChI=1S/C20H33N3O3/c1-4-5-16(2)15-26-18-8-6-17(7-9-18)19(21-20(24)25)14-23-12-10-22(3)11-13-23/h6-9,16,19,21H,4-5,10-15H2,1-3H3,(H,24,25)/t16?,19-/m0/s1. The van der Waals surface area contributed by atoms with Crippen LogP contribution in [-0.2, 0) is 0 Å². The molecule has 26 heavy (non-hydrogen) atoms. The number of piperazine rings is 1. The number of hydrogen-bond donors (Lipinski definition) is 2. The van der Waals surface area contributed by atoms with E-state index in [1.165, 1.54) is 0 Å². The van der Waals surface area contributed by atoms with E-state index in [0.29, 0.717) is 19.1 Å². The maximum atomic E-state index is 11.2. The second kappa shape index (κ2) is 10.4. The first-order chi connectivity index (χ1) is 12.5. The Labute approximate surface area is 157 Å². The van der Waals surface area contributed by atoms with Crippen LogP contribution in [0.2, 0.25) is 0 Å². The van der Waals surface area contributed by atoms with E-state index in [-0.39, 0.29) is 6.04 Å². The summed E-state index contributed by atoms with van der Waals surface area (Å²) in [7, 11) is 2.12. The van der Waals surface area contributed by atoms with Crippen molar-refractivity contribution in [2.24, 2.45) is 5.92 Å². The highest BCUT2D eigenvalue weighted by molar-refractivity contribution is 5.65. The van der Waals surface area contributed by atoms with Gasteiger partial charge in [0, 0.05) is 32.7 Å². The minimum atomic E-state index is -0.988. The Hall–Kier alpha value is -1.79. The van der Waals surface area contributed by atoms with Crippen LogP contribution in [0.5, 0.6) is 5.75 Å². The summed E-state index contributed by atoms with van der Waals surface area (Å²) >= 11 is 0. The van der Waals surface area contributed by atoms with Gasteiger partial charge in [-0.2, -0.15) is 0 Å². The molecule has 0 spiro atoms. The van der Waals surface area contributed by atoms with Crippen LogP contribution in [0.1, 0.15) is 38.3 Å². The van der Waals surface area contributed by atoms with Crippen molar-refractivity contribution in [1.29, 1.82) is 0 Å². The van der Waals surface area contributed by atoms with E-state index in [0.717, 1.165) is 50.3 Å². The Balaban J connectivity index is 1.95. The molecule has 0 aromatic heterocycles. The SMILES string of the molecule is CCCC(C)COc1ccc([C@H](CN2CCN(C)CC2)NC(=O)O)cc1. The Morgan fingerprint density at radius 1 is 1.23 bits per heavy atom. The van der Waals surface area contributed by atoms with Crippen molar-refractivity contribution in [1.82, 2.24) is 15.1 Å². The molecule has 1 aromatic carbocycles. The molecule has 0 saturated carbocycles. The van der Waals surface area contributed by atoms with Crippen LogP contribution in [0.4, 0.5) is 4.79 Å². The van der Waals surface area contributed by atoms with Crippen molar-refractivity contribution in [3.63, 3.8) is 0 Å². The fourth-order valence-electron chi connectivity index (χ4n) is 3.28. The summed E-state index contributed by atoms with van der Waals surface area (Å²) < 4.78 is 5.85. The number of rotatable bonds is 9. The summed E-state index contributed by atoms with van der Waals surface area (Å²) in [6.45, 7) is 9.74. The molecule has 6 heteroatoms. The molecule has 6 nitrogen and oxygen atoms in total. The lowest BCUT2D eigenvalue weighted by Gasteiger charge is -2.34. The molecular formula is C20H33N3O3. The zero-order chi connectivity index (χ0) is 18.9. The number of ether oxygens (including phenoxy) is 1. The van der Waals surface area contributed by atoms with Gasteiger partial charge in [0.1, 0.15) is 5.75 Å². The van der Waals surface area contributed by atoms with Crippen molar-refractivity contribution in [2.45, 2.75) is 32.7 Å². The maximum Gasteiger partial charge on any atom is 0.405 e. The summed E-state index contributed by atoms with van der Waals surface area (Å²) in [5.41, 5.74) is 0.972. The number of carbonyl (C=O) groups is 1. The fraction of sp³-hybridized carbons (Fsp3) is 0.650. The number of carboxylic acid groups (broad SMARTS) is 1. The average Bonchev–Trinajstić information content (AvgIpc) is 2.62. The highest BCUT2D eigenvalue weighted by atomic mass is 16.5. The van der Waals surface area contributed by atoms with Crippen LogP contribution in [-0.4, -0.2) is 67.4 Å². The molecule has 2 rings (SSSR count). The van der Waals surface area contributed by atoms with Gasteiger partial charge in [0.2, 0.25) is 0 Å². The molecule has 1 amide bonds. The molecule has 1 aliphatic heterocycles. The minimum absolute atomic E-state index is 0.232. The molecule has 1 unspecified atom stereocenters. The van der Waals surface area contributed by atoms with Gasteiger partial charge in [-0.25, -0.2) is 4.79 Å². The van der Waals surface area contributed by atoms with Gasteiger partial charge in [0.25, 0.3) is 0 Å². The molecule has 1 heterocycles. The highest BCUT2D eigenvalue weighted by Gasteiger charge is 2.21. The summed E-state index contributed by atoms with van der Waals surface area (Å²) in [5.74, 6) is 1.38. The molecular weight excluding hydrogens is 330 g/mol. The summed E-state index contributed by atoms with van der Waals surface area (Å²) in [5, 5.41) is 11.9. The van der Waals surface area contributed by atoms with Crippen molar-refractivity contribution in [2.75, 3.05) is 46.4 Å². The molecule has 2 N–H and O–H groups in total.